The minimum atomic E-state index is -0.644. The third-order valence-corrected chi connectivity index (χ3v) is 5.40. The Morgan fingerprint density at radius 2 is 1.60 bits per heavy atom. The maximum absolute atomic E-state index is 12.7. The highest BCUT2D eigenvalue weighted by molar-refractivity contribution is 6.03. The van der Waals surface area contributed by atoms with Crippen molar-refractivity contribution < 1.29 is 23.9 Å². The number of nitrogens with zero attached hydrogens (tertiary/aromatic N) is 2. The second-order valence-electron chi connectivity index (χ2n) is 7.57. The number of esters is 2. The van der Waals surface area contributed by atoms with E-state index in [0.29, 0.717) is 6.54 Å². The van der Waals surface area contributed by atoms with Gasteiger partial charge in [0.2, 0.25) is 0 Å². The van der Waals surface area contributed by atoms with Gasteiger partial charge in [0.05, 0.1) is 42.1 Å². The van der Waals surface area contributed by atoms with Crippen LogP contribution in [0.2, 0.25) is 0 Å². The van der Waals surface area contributed by atoms with E-state index in [0.717, 1.165) is 22.4 Å². The van der Waals surface area contributed by atoms with Crippen LogP contribution < -0.4 is 10.6 Å². The molecule has 0 saturated heterocycles. The molecular weight excluding hydrogens is 448 g/mol. The Balaban J connectivity index is 1.51. The number of amides is 2. The zero-order valence-electron chi connectivity index (χ0n) is 19.3. The van der Waals surface area contributed by atoms with Crippen LogP contribution in [0.1, 0.15) is 20.7 Å². The maximum Gasteiger partial charge on any atom is 0.339 e. The molecule has 9 heteroatoms. The molecule has 2 amide bonds. The zero-order chi connectivity index (χ0) is 24.8. The van der Waals surface area contributed by atoms with Crippen molar-refractivity contribution in [3.63, 3.8) is 0 Å². The molecule has 0 bridgehead atoms. The largest absolute Gasteiger partial charge is 0.465 e. The number of ether oxygens (including phenoxy) is 2. The van der Waals surface area contributed by atoms with E-state index in [1.165, 1.54) is 32.4 Å². The summed E-state index contributed by atoms with van der Waals surface area (Å²) in [5.41, 5.74) is 3.21. The Morgan fingerprint density at radius 1 is 0.886 bits per heavy atom. The SMILES string of the molecule is COC(=O)c1ccc(C(=O)OC)c(NC(=O)NCCn2c(-c3ccccc3)nc3ccccc32)c1. The van der Waals surface area contributed by atoms with Gasteiger partial charge in [0.25, 0.3) is 0 Å². The van der Waals surface area contributed by atoms with Crippen molar-refractivity contribution in [2.75, 3.05) is 26.1 Å². The fraction of sp³-hybridized carbons (Fsp3) is 0.154. The van der Waals surface area contributed by atoms with Crippen molar-refractivity contribution >= 4 is 34.7 Å². The minimum Gasteiger partial charge on any atom is -0.465 e. The van der Waals surface area contributed by atoms with E-state index in [9.17, 15) is 14.4 Å². The number of rotatable bonds is 7. The van der Waals surface area contributed by atoms with Gasteiger partial charge in [-0.15, -0.1) is 0 Å². The molecule has 0 fully saturated rings. The summed E-state index contributed by atoms with van der Waals surface area (Å²) in [5.74, 6) is -0.438. The van der Waals surface area contributed by atoms with Gasteiger partial charge in [0, 0.05) is 18.7 Å². The quantitative estimate of drug-likeness (QED) is 0.392. The number of anilines is 1. The lowest BCUT2D eigenvalue weighted by atomic mass is 10.1. The van der Waals surface area contributed by atoms with Gasteiger partial charge >= 0.3 is 18.0 Å². The van der Waals surface area contributed by atoms with Gasteiger partial charge in [-0.25, -0.2) is 19.4 Å². The van der Waals surface area contributed by atoms with Gasteiger partial charge < -0.3 is 24.7 Å². The van der Waals surface area contributed by atoms with Crippen LogP contribution in [0.5, 0.6) is 0 Å². The number of hydrogen-bond acceptors (Lipinski definition) is 6. The smallest absolute Gasteiger partial charge is 0.339 e. The Morgan fingerprint density at radius 3 is 2.34 bits per heavy atom. The average Bonchev–Trinajstić information content (AvgIpc) is 3.26. The van der Waals surface area contributed by atoms with E-state index < -0.39 is 18.0 Å². The highest BCUT2D eigenvalue weighted by Gasteiger charge is 2.18. The summed E-state index contributed by atoms with van der Waals surface area (Å²) in [7, 11) is 2.49. The molecule has 0 aliphatic carbocycles. The van der Waals surface area contributed by atoms with Crippen molar-refractivity contribution in [2.45, 2.75) is 6.54 Å². The number of imidazole rings is 1. The second kappa shape index (κ2) is 10.5. The molecular formula is C26H24N4O5. The predicted molar refractivity (Wildman–Crippen MR) is 131 cm³/mol. The number of urea groups is 1. The Labute approximate surface area is 201 Å². The van der Waals surface area contributed by atoms with Crippen molar-refractivity contribution in [1.82, 2.24) is 14.9 Å². The molecule has 4 rings (SSSR count). The highest BCUT2D eigenvalue weighted by atomic mass is 16.5. The summed E-state index contributed by atoms with van der Waals surface area (Å²) in [4.78, 5) is 41.4. The summed E-state index contributed by atoms with van der Waals surface area (Å²) in [6, 6.07) is 21.3. The van der Waals surface area contributed by atoms with Crippen LogP contribution >= 0.6 is 0 Å². The number of carbonyl (C=O) groups is 3. The van der Waals surface area contributed by atoms with Gasteiger partial charge in [-0.3, -0.25) is 0 Å². The Hall–Kier alpha value is -4.66. The van der Waals surface area contributed by atoms with Crippen LogP contribution in [0, 0.1) is 0 Å². The molecule has 0 radical (unpaired) electrons. The molecule has 4 aromatic rings. The topological polar surface area (TPSA) is 112 Å². The minimum absolute atomic E-state index is 0.113. The van der Waals surface area contributed by atoms with E-state index in [-0.39, 0.29) is 23.4 Å². The molecule has 9 nitrogen and oxygen atoms in total. The van der Waals surface area contributed by atoms with E-state index in [4.69, 9.17) is 14.5 Å². The summed E-state index contributed by atoms with van der Waals surface area (Å²) in [6.07, 6.45) is 0. The standard InChI is InChI=1S/C26H24N4O5/c1-34-24(31)18-12-13-19(25(32)35-2)21(16-18)29-26(33)27-14-15-30-22-11-7-6-10-20(22)28-23(30)17-8-4-3-5-9-17/h3-13,16H,14-15H2,1-2H3,(H2,27,29,33). The van der Waals surface area contributed by atoms with Crippen molar-refractivity contribution in [3.05, 3.63) is 83.9 Å². The summed E-state index contributed by atoms with van der Waals surface area (Å²) < 4.78 is 11.5. The number of methoxy groups -OCH3 is 2. The molecule has 0 aliphatic rings. The highest BCUT2D eigenvalue weighted by Crippen LogP contribution is 2.24. The summed E-state index contributed by atoms with van der Waals surface area (Å²) in [6.45, 7) is 0.750. The number of carbonyl (C=O) groups excluding carboxylic acids is 3. The molecule has 2 N–H and O–H groups in total. The van der Waals surface area contributed by atoms with Crippen LogP contribution in [0.15, 0.2) is 72.8 Å². The fourth-order valence-corrected chi connectivity index (χ4v) is 3.74. The third kappa shape index (κ3) is 5.14. The van der Waals surface area contributed by atoms with Crippen molar-refractivity contribution in [2.24, 2.45) is 0 Å². The molecule has 0 unspecified atom stereocenters. The number of hydrogen-bond donors (Lipinski definition) is 2. The first-order chi connectivity index (χ1) is 17.0. The van der Waals surface area contributed by atoms with Crippen LogP contribution in [0.25, 0.3) is 22.4 Å². The molecule has 1 aromatic heterocycles. The van der Waals surface area contributed by atoms with Gasteiger partial charge in [-0.05, 0) is 30.3 Å². The van der Waals surface area contributed by atoms with Crippen molar-refractivity contribution in [1.29, 1.82) is 0 Å². The van der Waals surface area contributed by atoms with Crippen LogP contribution in [0.3, 0.4) is 0 Å². The van der Waals surface area contributed by atoms with Crippen LogP contribution in [-0.2, 0) is 16.0 Å². The molecule has 0 spiro atoms. The van der Waals surface area contributed by atoms with Crippen molar-refractivity contribution in [3.8, 4) is 11.4 Å². The Kier molecular flexibility index (Phi) is 7.06. The molecule has 178 valence electrons. The zero-order valence-corrected chi connectivity index (χ0v) is 19.3. The van der Waals surface area contributed by atoms with E-state index in [2.05, 4.69) is 10.6 Å². The molecule has 0 saturated carbocycles. The number of nitrogens with one attached hydrogen (secondary N) is 2. The number of benzene rings is 3. The number of para-hydroxylation sites is 2. The van der Waals surface area contributed by atoms with Gasteiger partial charge in [0.1, 0.15) is 5.82 Å². The van der Waals surface area contributed by atoms with Crippen LogP contribution in [-0.4, -0.2) is 48.3 Å². The maximum atomic E-state index is 12.7. The lowest BCUT2D eigenvalue weighted by Crippen LogP contribution is -2.32. The van der Waals surface area contributed by atoms with E-state index in [1.807, 2.05) is 59.2 Å². The number of aromatic nitrogens is 2. The fourth-order valence-electron chi connectivity index (χ4n) is 3.74. The second-order valence-corrected chi connectivity index (χ2v) is 7.57. The number of fused-ring (bicyclic) bond motifs is 1. The lowest BCUT2D eigenvalue weighted by Gasteiger charge is -2.13. The molecule has 1 heterocycles. The van der Waals surface area contributed by atoms with Gasteiger partial charge in [-0.2, -0.15) is 0 Å². The normalized spacial score (nSPS) is 10.6. The monoisotopic (exact) mass is 472 g/mol. The van der Waals surface area contributed by atoms with Crippen LogP contribution in [0.4, 0.5) is 10.5 Å². The van der Waals surface area contributed by atoms with E-state index in [1.54, 1.807) is 0 Å². The first-order valence-corrected chi connectivity index (χ1v) is 10.9. The van der Waals surface area contributed by atoms with E-state index >= 15 is 0 Å². The lowest BCUT2D eigenvalue weighted by molar-refractivity contribution is 0.0587. The molecule has 0 atom stereocenters. The first-order valence-electron chi connectivity index (χ1n) is 10.9. The molecule has 35 heavy (non-hydrogen) atoms. The Bertz CT molecular complexity index is 1380. The molecule has 3 aromatic carbocycles. The summed E-state index contributed by atoms with van der Waals surface area (Å²) >= 11 is 0. The first kappa shape index (κ1) is 23.5. The molecule has 0 aliphatic heterocycles. The van der Waals surface area contributed by atoms with Gasteiger partial charge in [0.15, 0.2) is 0 Å². The third-order valence-electron chi connectivity index (χ3n) is 5.40. The van der Waals surface area contributed by atoms with Gasteiger partial charge in [-0.1, -0.05) is 42.5 Å². The predicted octanol–water partition coefficient (Wildman–Crippen LogP) is 4.10. The summed E-state index contributed by atoms with van der Waals surface area (Å²) in [5, 5.41) is 5.42. The average molecular weight is 473 g/mol.